The van der Waals surface area contributed by atoms with Crippen LogP contribution in [0.4, 0.5) is 0 Å². The van der Waals surface area contributed by atoms with Crippen molar-refractivity contribution in [2.75, 3.05) is 6.73 Å². The van der Waals surface area contributed by atoms with Gasteiger partial charge in [-0.25, -0.2) is 0 Å². The van der Waals surface area contributed by atoms with Crippen LogP contribution in [0.2, 0.25) is 0 Å². The standard InChI is InChI=1S/C22H17N3O3/c26-21-17-4-5-19-18(13-25(14-27-19)12-16-3-1-2-8-24-16)22(17)28-20(21)11-15-6-9-23-10-7-15/h1-11H,12-14H2/b20-11-. The van der Waals surface area contributed by atoms with Gasteiger partial charge in [0.15, 0.2) is 5.76 Å². The molecule has 0 N–H and O–H groups in total. The molecule has 0 saturated carbocycles. The second-order valence-electron chi connectivity index (χ2n) is 6.72. The molecule has 5 rings (SSSR count). The highest BCUT2D eigenvalue weighted by molar-refractivity contribution is 6.15. The van der Waals surface area contributed by atoms with Crippen molar-refractivity contribution >= 4 is 11.9 Å². The van der Waals surface area contributed by atoms with Crippen molar-refractivity contribution in [2.24, 2.45) is 0 Å². The zero-order valence-electron chi connectivity index (χ0n) is 15.0. The van der Waals surface area contributed by atoms with Gasteiger partial charge < -0.3 is 9.47 Å². The number of carbonyl (C=O) groups is 1. The van der Waals surface area contributed by atoms with Crippen molar-refractivity contribution in [1.29, 1.82) is 0 Å². The van der Waals surface area contributed by atoms with E-state index in [1.807, 2.05) is 36.4 Å². The molecule has 28 heavy (non-hydrogen) atoms. The Bertz CT molecular complexity index is 1070. The number of pyridine rings is 2. The average molecular weight is 371 g/mol. The fourth-order valence-electron chi connectivity index (χ4n) is 3.44. The molecular formula is C22H17N3O3. The number of nitrogens with zero attached hydrogens (tertiary/aromatic N) is 3. The number of aromatic nitrogens is 2. The zero-order chi connectivity index (χ0) is 18.9. The summed E-state index contributed by atoms with van der Waals surface area (Å²) < 4.78 is 11.9. The normalized spacial score (nSPS) is 17.0. The molecule has 0 spiro atoms. The van der Waals surface area contributed by atoms with E-state index in [4.69, 9.17) is 9.47 Å². The Kier molecular flexibility index (Phi) is 4.10. The summed E-state index contributed by atoms with van der Waals surface area (Å²) in [5.41, 5.74) is 3.30. The molecule has 2 aromatic heterocycles. The van der Waals surface area contributed by atoms with Crippen LogP contribution in [-0.2, 0) is 13.1 Å². The molecule has 0 fully saturated rings. The van der Waals surface area contributed by atoms with Gasteiger partial charge in [-0.15, -0.1) is 0 Å². The summed E-state index contributed by atoms with van der Waals surface area (Å²) >= 11 is 0. The van der Waals surface area contributed by atoms with Gasteiger partial charge in [0.1, 0.15) is 18.2 Å². The van der Waals surface area contributed by atoms with E-state index < -0.39 is 0 Å². The molecule has 138 valence electrons. The van der Waals surface area contributed by atoms with Gasteiger partial charge in [0.2, 0.25) is 5.78 Å². The Morgan fingerprint density at radius 2 is 1.96 bits per heavy atom. The van der Waals surface area contributed by atoms with Crippen LogP contribution in [0.15, 0.2) is 66.8 Å². The summed E-state index contributed by atoms with van der Waals surface area (Å²) in [5.74, 6) is 1.55. The Morgan fingerprint density at radius 1 is 1.07 bits per heavy atom. The molecular weight excluding hydrogens is 354 g/mol. The maximum absolute atomic E-state index is 12.8. The predicted molar refractivity (Wildman–Crippen MR) is 103 cm³/mol. The molecule has 0 aliphatic carbocycles. The van der Waals surface area contributed by atoms with Crippen LogP contribution >= 0.6 is 0 Å². The van der Waals surface area contributed by atoms with Crippen molar-refractivity contribution in [3.63, 3.8) is 0 Å². The predicted octanol–water partition coefficient (Wildman–Crippen LogP) is 3.44. The molecule has 0 radical (unpaired) electrons. The summed E-state index contributed by atoms with van der Waals surface area (Å²) in [7, 11) is 0. The SMILES string of the molecule is O=C1/C(=C/c2ccncc2)Oc2c1ccc1c2CN(Cc2ccccn2)CO1. The van der Waals surface area contributed by atoms with E-state index in [1.165, 1.54) is 0 Å². The minimum absolute atomic E-state index is 0.114. The van der Waals surface area contributed by atoms with Gasteiger partial charge in [0.05, 0.1) is 16.8 Å². The largest absolute Gasteiger partial charge is 0.478 e. The number of hydrogen-bond donors (Lipinski definition) is 0. The number of fused-ring (bicyclic) bond motifs is 3. The Balaban J connectivity index is 1.44. The average Bonchev–Trinajstić information content (AvgIpc) is 3.05. The van der Waals surface area contributed by atoms with Gasteiger partial charge in [0.25, 0.3) is 0 Å². The Hall–Kier alpha value is -3.51. The monoisotopic (exact) mass is 371 g/mol. The molecule has 0 atom stereocenters. The molecule has 2 aliphatic rings. The van der Waals surface area contributed by atoms with Crippen LogP contribution in [0.1, 0.15) is 27.2 Å². The maximum atomic E-state index is 12.8. The first kappa shape index (κ1) is 16.6. The summed E-state index contributed by atoms with van der Waals surface area (Å²) in [6.07, 6.45) is 6.89. The van der Waals surface area contributed by atoms with Crippen LogP contribution < -0.4 is 9.47 Å². The maximum Gasteiger partial charge on any atom is 0.231 e. The lowest BCUT2D eigenvalue weighted by atomic mass is 10.0. The topological polar surface area (TPSA) is 64.5 Å². The smallest absolute Gasteiger partial charge is 0.231 e. The fourth-order valence-corrected chi connectivity index (χ4v) is 3.44. The van der Waals surface area contributed by atoms with Crippen molar-refractivity contribution in [3.05, 3.63) is 89.2 Å². The van der Waals surface area contributed by atoms with E-state index in [2.05, 4.69) is 14.9 Å². The third kappa shape index (κ3) is 3.04. The molecule has 6 heteroatoms. The van der Waals surface area contributed by atoms with Gasteiger partial charge in [-0.05, 0) is 48.0 Å². The molecule has 1 aromatic carbocycles. The molecule has 2 aliphatic heterocycles. The fraction of sp³-hybridized carbons (Fsp3) is 0.136. The molecule has 0 saturated heterocycles. The van der Waals surface area contributed by atoms with E-state index in [9.17, 15) is 4.79 Å². The second-order valence-corrected chi connectivity index (χ2v) is 6.72. The first-order valence-electron chi connectivity index (χ1n) is 9.03. The van der Waals surface area contributed by atoms with Gasteiger partial charge in [-0.2, -0.15) is 0 Å². The quantitative estimate of drug-likeness (QED) is 0.657. The van der Waals surface area contributed by atoms with Gasteiger partial charge >= 0.3 is 0 Å². The zero-order valence-corrected chi connectivity index (χ0v) is 15.0. The summed E-state index contributed by atoms with van der Waals surface area (Å²) in [6.45, 7) is 1.76. The highest BCUT2D eigenvalue weighted by atomic mass is 16.5. The molecule has 0 amide bonds. The number of ether oxygens (including phenoxy) is 2. The van der Waals surface area contributed by atoms with E-state index in [0.29, 0.717) is 36.9 Å². The van der Waals surface area contributed by atoms with Crippen LogP contribution in [0.3, 0.4) is 0 Å². The van der Waals surface area contributed by atoms with Gasteiger partial charge in [-0.3, -0.25) is 19.7 Å². The minimum Gasteiger partial charge on any atom is -0.478 e. The number of ketones is 1. The van der Waals surface area contributed by atoms with Crippen LogP contribution in [0.5, 0.6) is 11.5 Å². The summed E-state index contributed by atoms with van der Waals surface area (Å²) in [5, 5.41) is 0. The minimum atomic E-state index is -0.114. The van der Waals surface area contributed by atoms with Crippen molar-refractivity contribution in [2.45, 2.75) is 13.1 Å². The van der Waals surface area contributed by atoms with Crippen molar-refractivity contribution in [1.82, 2.24) is 14.9 Å². The first-order chi connectivity index (χ1) is 13.8. The lowest BCUT2D eigenvalue weighted by Gasteiger charge is -2.29. The van der Waals surface area contributed by atoms with Crippen LogP contribution in [0.25, 0.3) is 6.08 Å². The Labute approximate surface area is 162 Å². The van der Waals surface area contributed by atoms with E-state index >= 15 is 0 Å². The van der Waals surface area contributed by atoms with Crippen molar-refractivity contribution < 1.29 is 14.3 Å². The molecule has 3 aromatic rings. The second kappa shape index (κ2) is 6.90. The summed E-state index contributed by atoms with van der Waals surface area (Å²) in [6, 6.07) is 13.1. The number of rotatable bonds is 3. The lowest BCUT2D eigenvalue weighted by molar-refractivity contribution is 0.0861. The molecule has 6 nitrogen and oxygen atoms in total. The Morgan fingerprint density at radius 3 is 2.79 bits per heavy atom. The number of Topliss-reactive ketones (excluding diaryl/α,β-unsaturated/α-hetero) is 1. The number of carbonyl (C=O) groups excluding carboxylic acids is 1. The van der Waals surface area contributed by atoms with E-state index in [1.54, 1.807) is 30.7 Å². The third-order valence-corrected chi connectivity index (χ3v) is 4.80. The number of hydrogen-bond acceptors (Lipinski definition) is 6. The summed E-state index contributed by atoms with van der Waals surface area (Å²) in [4.78, 5) is 23.3. The van der Waals surface area contributed by atoms with Gasteiger partial charge in [-0.1, -0.05) is 6.07 Å². The number of allylic oxidation sites excluding steroid dienone is 1. The van der Waals surface area contributed by atoms with E-state index in [-0.39, 0.29) is 5.78 Å². The molecule has 4 heterocycles. The van der Waals surface area contributed by atoms with E-state index in [0.717, 1.165) is 22.6 Å². The van der Waals surface area contributed by atoms with Gasteiger partial charge in [0, 0.05) is 31.7 Å². The highest BCUT2D eigenvalue weighted by Crippen LogP contribution is 2.42. The van der Waals surface area contributed by atoms with Crippen molar-refractivity contribution in [3.8, 4) is 11.5 Å². The lowest BCUT2D eigenvalue weighted by Crippen LogP contribution is -2.32. The van der Waals surface area contributed by atoms with Crippen LogP contribution in [-0.4, -0.2) is 27.4 Å². The number of benzene rings is 1. The molecule has 0 unspecified atom stereocenters. The first-order valence-corrected chi connectivity index (χ1v) is 9.03. The van der Waals surface area contributed by atoms with Crippen LogP contribution in [0, 0.1) is 0 Å². The third-order valence-electron chi connectivity index (χ3n) is 4.80. The highest BCUT2D eigenvalue weighted by Gasteiger charge is 2.33. The molecule has 0 bridgehead atoms.